The first-order valence-corrected chi connectivity index (χ1v) is 6.14. The molecule has 7 heteroatoms. The van der Waals surface area contributed by atoms with E-state index >= 15 is 0 Å². The SMILES string of the molecule is Cc1ccc(F)c(NC(=O)Nc2cc(C)[nH]c2C(=O)O)c1. The van der Waals surface area contributed by atoms with E-state index in [0.29, 0.717) is 5.69 Å². The van der Waals surface area contributed by atoms with Gasteiger partial charge in [-0.25, -0.2) is 14.0 Å². The normalized spacial score (nSPS) is 10.2. The Kier molecular flexibility index (Phi) is 3.93. The molecule has 4 N–H and O–H groups in total. The van der Waals surface area contributed by atoms with Crippen LogP contribution in [0, 0.1) is 19.7 Å². The zero-order chi connectivity index (χ0) is 15.6. The summed E-state index contributed by atoms with van der Waals surface area (Å²) < 4.78 is 13.5. The number of carboxylic acid groups (broad SMARTS) is 1. The second kappa shape index (κ2) is 5.66. The summed E-state index contributed by atoms with van der Waals surface area (Å²) in [6.07, 6.45) is 0. The summed E-state index contributed by atoms with van der Waals surface area (Å²) in [7, 11) is 0. The molecule has 0 radical (unpaired) electrons. The number of anilines is 2. The molecule has 0 saturated carbocycles. The average Bonchev–Trinajstić information content (AvgIpc) is 2.75. The topological polar surface area (TPSA) is 94.2 Å². The Balaban J connectivity index is 2.15. The number of carbonyl (C=O) groups is 2. The number of rotatable bonds is 3. The lowest BCUT2D eigenvalue weighted by Crippen LogP contribution is -2.21. The van der Waals surface area contributed by atoms with Crippen molar-refractivity contribution in [1.82, 2.24) is 4.98 Å². The Morgan fingerprint density at radius 1 is 1.14 bits per heavy atom. The Hall–Kier alpha value is -2.83. The maximum absolute atomic E-state index is 13.5. The van der Waals surface area contributed by atoms with Gasteiger partial charge in [0.15, 0.2) is 0 Å². The van der Waals surface area contributed by atoms with Gasteiger partial charge in [-0.05, 0) is 37.6 Å². The van der Waals surface area contributed by atoms with Crippen molar-refractivity contribution in [1.29, 1.82) is 0 Å². The zero-order valence-electron chi connectivity index (χ0n) is 11.5. The molecule has 0 saturated heterocycles. The lowest BCUT2D eigenvalue weighted by Gasteiger charge is -2.08. The van der Waals surface area contributed by atoms with E-state index in [1.807, 2.05) is 0 Å². The number of carboxylic acids is 1. The zero-order valence-corrected chi connectivity index (χ0v) is 11.5. The molecule has 0 aliphatic rings. The van der Waals surface area contributed by atoms with Crippen LogP contribution in [0.2, 0.25) is 0 Å². The molecule has 1 heterocycles. The van der Waals surface area contributed by atoms with E-state index in [0.717, 1.165) is 5.56 Å². The van der Waals surface area contributed by atoms with Gasteiger partial charge in [-0.15, -0.1) is 0 Å². The number of hydrogen-bond acceptors (Lipinski definition) is 2. The van der Waals surface area contributed by atoms with Crippen molar-refractivity contribution in [3.8, 4) is 0 Å². The Bertz CT molecular complexity index is 709. The smallest absolute Gasteiger partial charge is 0.354 e. The van der Waals surface area contributed by atoms with Crippen LogP contribution in [0.5, 0.6) is 0 Å². The minimum atomic E-state index is -1.19. The summed E-state index contributed by atoms with van der Waals surface area (Å²) >= 11 is 0. The molecule has 0 spiro atoms. The van der Waals surface area contributed by atoms with Gasteiger partial charge in [0, 0.05) is 5.69 Å². The Morgan fingerprint density at radius 3 is 2.48 bits per heavy atom. The molecule has 2 amide bonds. The maximum Gasteiger partial charge on any atom is 0.354 e. The molecular formula is C14H14FN3O3. The van der Waals surface area contributed by atoms with Crippen LogP contribution < -0.4 is 10.6 Å². The van der Waals surface area contributed by atoms with Crippen LogP contribution in [0.4, 0.5) is 20.6 Å². The highest BCUT2D eigenvalue weighted by molar-refractivity contribution is 6.04. The number of amides is 2. The molecule has 110 valence electrons. The molecular weight excluding hydrogens is 277 g/mol. The minimum Gasteiger partial charge on any atom is -0.477 e. The van der Waals surface area contributed by atoms with E-state index in [4.69, 9.17) is 5.11 Å². The van der Waals surface area contributed by atoms with Gasteiger partial charge in [0.05, 0.1) is 11.4 Å². The van der Waals surface area contributed by atoms with Crippen LogP contribution in [0.1, 0.15) is 21.7 Å². The number of aromatic carboxylic acids is 1. The van der Waals surface area contributed by atoms with Gasteiger partial charge < -0.3 is 20.7 Å². The number of urea groups is 1. The molecule has 0 unspecified atom stereocenters. The van der Waals surface area contributed by atoms with Gasteiger partial charge >= 0.3 is 12.0 Å². The van der Waals surface area contributed by atoms with Crippen molar-refractivity contribution in [2.24, 2.45) is 0 Å². The largest absolute Gasteiger partial charge is 0.477 e. The van der Waals surface area contributed by atoms with Crippen LogP contribution >= 0.6 is 0 Å². The predicted molar refractivity (Wildman–Crippen MR) is 76.3 cm³/mol. The fourth-order valence-electron chi connectivity index (χ4n) is 1.87. The first-order valence-electron chi connectivity index (χ1n) is 6.14. The molecule has 2 aromatic rings. The highest BCUT2D eigenvalue weighted by Crippen LogP contribution is 2.19. The van der Waals surface area contributed by atoms with Crippen molar-refractivity contribution in [2.45, 2.75) is 13.8 Å². The van der Waals surface area contributed by atoms with Crippen molar-refractivity contribution in [3.05, 3.63) is 47.0 Å². The third kappa shape index (κ3) is 3.38. The number of H-pyrrole nitrogens is 1. The third-order valence-corrected chi connectivity index (χ3v) is 2.78. The standard InChI is InChI=1S/C14H14FN3O3/c1-7-3-4-9(15)10(5-7)17-14(21)18-11-6-8(2)16-12(11)13(19)20/h3-6,16H,1-2H3,(H,19,20)(H2,17,18,21). The van der Waals surface area contributed by atoms with Gasteiger partial charge in [-0.2, -0.15) is 0 Å². The predicted octanol–water partition coefficient (Wildman–Crippen LogP) is 3.11. The minimum absolute atomic E-state index is 0.0247. The van der Waals surface area contributed by atoms with Crippen LogP contribution in [0.3, 0.4) is 0 Å². The van der Waals surface area contributed by atoms with Crippen molar-refractivity contribution in [2.75, 3.05) is 10.6 Å². The molecule has 1 aromatic carbocycles. The van der Waals surface area contributed by atoms with Crippen molar-refractivity contribution < 1.29 is 19.1 Å². The molecule has 1 aromatic heterocycles. The van der Waals surface area contributed by atoms with Crippen molar-refractivity contribution in [3.63, 3.8) is 0 Å². The lowest BCUT2D eigenvalue weighted by atomic mass is 10.2. The number of aryl methyl sites for hydroxylation is 2. The molecule has 0 atom stereocenters. The van der Waals surface area contributed by atoms with Crippen molar-refractivity contribution >= 4 is 23.4 Å². The number of nitrogens with one attached hydrogen (secondary N) is 3. The van der Waals surface area contributed by atoms with Gasteiger partial charge in [0.1, 0.15) is 11.5 Å². The van der Waals surface area contributed by atoms with Gasteiger partial charge in [-0.1, -0.05) is 6.07 Å². The van der Waals surface area contributed by atoms with Crippen LogP contribution in [0.15, 0.2) is 24.3 Å². The maximum atomic E-state index is 13.5. The fraction of sp³-hybridized carbons (Fsp3) is 0.143. The number of hydrogen-bond donors (Lipinski definition) is 4. The summed E-state index contributed by atoms with van der Waals surface area (Å²) in [5, 5.41) is 13.7. The van der Waals surface area contributed by atoms with Gasteiger partial charge in [0.2, 0.25) is 0 Å². The number of halogens is 1. The van der Waals surface area contributed by atoms with E-state index in [2.05, 4.69) is 15.6 Å². The summed E-state index contributed by atoms with van der Waals surface area (Å²) in [6, 6.07) is 5.07. The summed E-state index contributed by atoms with van der Waals surface area (Å²) in [5.74, 6) is -1.76. The van der Waals surface area contributed by atoms with Crippen LogP contribution in [-0.2, 0) is 0 Å². The van der Waals surface area contributed by atoms with E-state index in [-0.39, 0.29) is 17.1 Å². The Morgan fingerprint density at radius 2 is 1.81 bits per heavy atom. The first-order chi connectivity index (χ1) is 9.86. The monoisotopic (exact) mass is 291 g/mol. The van der Waals surface area contributed by atoms with Gasteiger partial charge in [0.25, 0.3) is 0 Å². The summed E-state index contributed by atoms with van der Waals surface area (Å²) in [6.45, 7) is 3.43. The molecule has 2 rings (SSSR count). The molecule has 0 bridgehead atoms. The molecule has 0 aliphatic carbocycles. The number of aromatic nitrogens is 1. The quantitative estimate of drug-likeness (QED) is 0.699. The Labute approximate surface area is 120 Å². The first kappa shape index (κ1) is 14.6. The second-order valence-corrected chi connectivity index (χ2v) is 4.61. The van der Waals surface area contributed by atoms with Crippen LogP contribution in [0.25, 0.3) is 0 Å². The molecule has 6 nitrogen and oxygen atoms in total. The van der Waals surface area contributed by atoms with E-state index < -0.39 is 17.8 Å². The van der Waals surface area contributed by atoms with E-state index in [1.165, 1.54) is 18.2 Å². The van der Waals surface area contributed by atoms with E-state index in [9.17, 15) is 14.0 Å². The number of carbonyl (C=O) groups excluding carboxylic acids is 1. The molecule has 0 aliphatic heterocycles. The van der Waals surface area contributed by atoms with Crippen LogP contribution in [-0.4, -0.2) is 22.1 Å². The highest BCUT2D eigenvalue weighted by Gasteiger charge is 2.16. The number of aromatic amines is 1. The second-order valence-electron chi connectivity index (χ2n) is 4.61. The molecule has 0 fully saturated rings. The highest BCUT2D eigenvalue weighted by atomic mass is 19.1. The van der Waals surface area contributed by atoms with E-state index in [1.54, 1.807) is 19.9 Å². The lowest BCUT2D eigenvalue weighted by molar-refractivity contribution is 0.0692. The summed E-state index contributed by atoms with van der Waals surface area (Å²) in [4.78, 5) is 25.5. The van der Waals surface area contributed by atoms with Gasteiger partial charge in [-0.3, -0.25) is 0 Å². The summed E-state index contributed by atoms with van der Waals surface area (Å²) in [5.41, 5.74) is 1.38. The third-order valence-electron chi connectivity index (χ3n) is 2.78. The average molecular weight is 291 g/mol. The number of benzene rings is 1. The fourth-order valence-corrected chi connectivity index (χ4v) is 1.87. The molecule has 21 heavy (non-hydrogen) atoms.